The van der Waals surface area contributed by atoms with Crippen LogP contribution in [0.5, 0.6) is 0 Å². The number of piperidine rings is 1. The molecule has 88 valence electrons. The molecule has 1 aliphatic heterocycles. The number of nitrogens with one attached hydrogen (secondary N) is 1. The van der Waals surface area contributed by atoms with E-state index < -0.39 is 0 Å². The maximum absolute atomic E-state index is 12.0. The molecule has 0 unspecified atom stereocenters. The maximum atomic E-state index is 12.0. The van der Waals surface area contributed by atoms with Crippen LogP contribution in [0, 0.1) is 0 Å². The molecule has 16 heavy (non-hydrogen) atoms. The third-order valence-electron chi connectivity index (χ3n) is 2.57. The molecule has 6 nitrogen and oxygen atoms in total. The fourth-order valence-corrected chi connectivity index (χ4v) is 2.28. The predicted molar refractivity (Wildman–Crippen MR) is 60.6 cm³/mol. The Bertz CT molecular complexity index is 373. The van der Waals surface area contributed by atoms with Gasteiger partial charge in [0.25, 0.3) is 5.91 Å². The second-order valence-corrected chi connectivity index (χ2v) is 4.66. The topological polar surface area (TPSA) is 78.4 Å². The highest BCUT2D eigenvalue weighted by Gasteiger charge is 2.24. The summed E-state index contributed by atoms with van der Waals surface area (Å²) in [5.74, 6) is -0.0918. The summed E-state index contributed by atoms with van der Waals surface area (Å²) in [6.07, 6.45) is 1.01. The predicted octanol–water partition coefficient (Wildman–Crippen LogP) is 0.177. The van der Waals surface area contributed by atoms with Crippen molar-refractivity contribution in [3.8, 4) is 0 Å². The van der Waals surface area contributed by atoms with Crippen LogP contribution in [-0.4, -0.2) is 52.4 Å². The average Bonchev–Trinajstić information content (AvgIpc) is 2.77. The average molecular weight is 242 g/mol. The van der Waals surface area contributed by atoms with E-state index in [4.69, 9.17) is 0 Å². The molecule has 2 rings (SSSR count). The van der Waals surface area contributed by atoms with E-state index in [-0.39, 0.29) is 12.0 Å². The Balaban J connectivity index is 2.01. The first-order valence-corrected chi connectivity index (χ1v) is 6.01. The standard InChI is InChI=1S/C9H14N4O2S/c1-10-9-12-11-7(16-9)8(15)13-4-2-6(14)3-5-13/h6,14H,2-5H2,1H3,(H,10,12). The van der Waals surface area contributed by atoms with Crippen molar-refractivity contribution in [1.29, 1.82) is 0 Å². The van der Waals surface area contributed by atoms with Crippen LogP contribution in [0.15, 0.2) is 0 Å². The highest BCUT2D eigenvalue weighted by molar-refractivity contribution is 7.17. The Morgan fingerprint density at radius 1 is 1.50 bits per heavy atom. The van der Waals surface area contributed by atoms with Crippen LogP contribution in [-0.2, 0) is 0 Å². The lowest BCUT2D eigenvalue weighted by Gasteiger charge is -2.28. The second kappa shape index (κ2) is 4.75. The van der Waals surface area contributed by atoms with Crippen LogP contribution >= 0.6 is 11.3 Å². The number of likely N-dealkylation sites (tertiary alicyclic amines) is 1. The van der Waals surface area contributed by atoms with Gasteiger partial charge in [-0.1, -0.05) is 11.3 Å². The van der Waals surface area contributed by atoms with Crippen molar-refractivity contribution in [2.75, 3.05) is 25.5 Å². The van der Waals surface area contributed by atoms with Crippen molar-refractivity contribution < 1.29 is 9.90 Å². The number of hydrogen-bond donors (Lipinski definition) is 2. The Morgan fingerprint density at radius 2 is 2.19 bits per heavy atom. The minimum absolute atomic E-state index is 0.0918. The van der Waals surface area contributed by atoms with Crippen LogP contribution < -0.4 is 5.32 Å². The van der Waals surface area contributed by atoms with Gasteiger partial charge in [-0.3, -0.25) is 4.79 Å². The van der Waals surface area contributed by atoms with Crippen molar-refractivity contribution in [2.45, 2.75) is 18.9 Å². The Morgan fingerprint density at radius 3 is 2.75 bits per heavy atom. The number of aliphatic hydroxyl groups excluding tert-OH is 1. The number of nitrogens with zero attached hydrogens (tertiary/aromatic N) is 3. The zero-order chi connectivity index (χ0) is 11.5. The third kappa shape index (κ3) is 2.30. The van der Waals surface area contributed by atoms with Gasteiger partial charge in [0.2, 0.25) is 10.1 Å². The lowest BCUT2D eigenvalue weighted by molar-refractivity contribution is 0.0545. The summed E-state index contributed by atoms with van der Waals surface area (Å²) in [6, 6.07) is 0. The van der Waals surface area contributed by atoms with E-state index in [9.17, 15) is 9.90 Å². The van der Waals surface area contributed by atoms with Crippen molar-refractivity contribution >= 4 is 22.4 Å². The van der Waals surface area contributed by atoms with Gasteiger partial charge in [0, 0.05) is 20.1 Å². The van der Waals surface area contributed by atoms with Gasteiger partial charge in [-0.25, -0.2) is 0 Å². The minimum atomic E-state index is -0.272. The van der Waals surface area contributed by atoms with Crippen LogP contribution in [0.25, 0.3) is 0 Å². The molecule has 1 amide bonds. The first kappa shape index (κ1) is 11.3. The lowest BCUT2D eigenvalue weighted by Crippen LogP contribution is -2.40. The van der Waals surface area contributed by atoms with Crippen LogP contribution in [0.2, 0.25) is 0 Å². The van der Waals surface area contributed by atoms with Gasteiger partial charge in [0.15, 0.2) is 0 Å². The van der Waals surface area contributed by atoms with Gasteiger partial charge in [-0.15, -0.1) is 10.2 Å². The van der Waals surface area contributed by atoms with E-state index in [1.54, 1.807) is 11.9 Å². The quantitative estimate of drug-likeness (QED) is 0.773. The van der Waals surface area contributed by atoms with Gasteiger partial charge >= 0.3 is 0 Å². The molecule has 1 aliphatic rings. The van der Waals surface area contributed by atoms with Crippen molar-refractivity contribution in [3.05, 3.63) is 5.01 Å². The minimum Gasteiger partial charge on any atom is -0.393 e. The molecule has 0 atom stereocenters. The number of aliphatic hydroxyl groups is 1. The highest BCUT2D eigenvalue weighted by atomic mass is 32.1. The first-order chi connectivity index (χ1) is 7.70. The zero-order valence-corrected chi connectivity index (χ0v) is 9.83. The molecule has 2 N–H and O–H groups in total. The van der Waals surface area contributed by atoms with E-state index >= 15 is 0 Å². The van der Waals surface area contributed by atoms with Gasteiger partial charge in [0.05, 0.1) is 6.10 Å². The monoisotopic (exact) mass is 242 g/mol. The normalized spacial score (nSPS) is 17.5. The van der Waals surface area contributed by atoms with E-state index in [0.717, 1.165) is 0 Å². The second-order valence-electron chi connectivity index (χ2n) is 3.69. The van der Waals surface area contributed by atoms with Crippen molar-refractivity contribution in [3.63, 3.8) is 0 Å². The largest absolute Gasteiger partial charge is 0.393 e. The Labute approximate surface area is 97.3 Å². The molecule has 0 spiro atoms. The summed E-state index contributed by atoms with van der Waals surface area (Å²) in [7, 11) is 1.74. The molecule has 0 radical (unpaired) electrons. The molecule has 0 aromatic carbocycles. The summed E-state index contributed by atoms with van der Waals surface area (Å²) in [5.41, 5.74) is 0. The molecule has 1 saturated heterocycles. The summed E-state index contributed by atoms with van der Waals surface area (Å²) in [6.45, 7) is 1.18. The molecule has 1 aromatic rings. The van der Waals surface area contributed by atoms with E-state index in [2.05, 4.69) is 15.5 Å². The Kier molecular flexibility index (Phi) is 3.35. The number of rotatable bonds is 2. The lowest BCUT2D eigenvalue weighted by atomic mass is 10.1. The van der Waals surface area contributed by atoms with Crippen LogP contribution in [0.4, 0.5) is 5.13 Å². The summed E-state index contributed by atoms with van der Waals surface area (Å²) in [5, 5.41) is 20.9. The van der Waals surface area contributed by atoms with Gasteiger partial charge in [0.1, 0.15) is 0 Å². The summed E-state index contributed by atoms with van der Waals surface area (Å²) < 4.78 is 0. The Hall–Kier alpha value is -1.21. The van der Waals surface area contributed by atoms with Crippen LogP contribution in [0.3, 0.4) is 0 Å². The van der Waals surface area contributed by atoms with Gasteiger partial charge < -0.3 is 15.3 Å². The molecule has 0 bridgehead atoms. The SMILES string of the molecule is CNc1nnc(C(=O)N2CCC(O)CC2)s1. The summed E-state index contributed by atoms with van der Waals surface area (Å²) >= 11 is 1.25. The fraction of sp³-hybridized carbons (Fsp3) is 0.667. The molecular weight excluding hydrogens is 228 g/mol. The highest BCUT2D eigenvalue weighted by Crippen LogP contribution is 2.18. The van der Waals surface area contributed by atoms with Crippen molar-refractivity contribution in [2.24, 2.45) is 0 Å². The molecule has 2 heterocycles. The van der Waals surface area contributed by atoms with E-state index in [1.807, 2.05) is 0 Å². The smallest absolute Gasteiger partial charge is 0.284 e. The third-order valence-corrected chi connectivity index (χ3v) is 3.50. The molecule has 7 heteroatoms. The van der Waals surface area contributed by atoms with Crippen LogP contribution in [0.1, 0.15) is 22.6 Å². The molecular formula is C9H14N4O2S. The van der Waals surface area contributed by atoms with Gasteiger partial charge in [-0.05, 0) is 12.8 Å². The first-order valence-electron chi connectivity index (χ1n) is 5.19. The molecule has 0 aliphatic carbocycles. The number of hydrogen-bond acceptors (Lipinski definition) is 6. The maximum Gasteiger partial charge on any atom is 0.284 e. The zero-order valence-electron chi connectivity index (χ0n) is 9.01. The molecule has 1 fully saturated rings. The van der Waals surface area contributed by atoms with E-state index in [0.29, 0.717) is 36.1 Å². The molecule has 0 saturated carbocycles. The number of aromatic nitrogens is 2. The van der Waals surface area contributed by atoms with E-state index in [1.165, 1.54) is 11.3 Å². The number of carbonyl (C=O) groups excluding carboxylic acids is 1. The van der Waals surface area contributed by atoms with Crippen molar-refractivity contribution in [1.82, 2.24) is 15.1 Å². The number of amides is 1. The van der Waals surface area contributed by atoms with Gasteiger partial charge in [-0.2, -0.15) is 0 Å². The fourth-order valence-electron chi connectivity index (χ4n) is 1.61. The number of carbonyl (C=O) groups is 1. The molecule has 1 aromatic heterocycles. The summed E-state index contributed by atoms with van der Waals surface area (Å²) in [4.78, 5) is 13.7. The number of anilines is 1.